The van der Waals surface area contributed by atoms with E-state index in [1.54, 1.807) is 12.1 Å². The third kappa shape index (κ3) is 7.72. The average molecular weight is 620 g/mol. The van der Waals surface area contributed by atoms with E-state index in [0.29, 0.717) is 56.0 Å². The summed E-state index contributed by atoms with van der Waals surface area (Å²) in [5.74, 6) is -1.62. The van der Waals surface area contributed by atoms with Crippen LogP contribution in [0.25, 0.3) is 0 Å². The molecule has 0 aliphatic carbocycles. The number of aliphatic hydroxyl groups is 1. The largest absolute Gasteiger partial charge is 0.508 e. The quantitative estimate of drug-likeness (QED) is 0.169. The minimum Gasteiger partial charge on any atom is -0.508 e. The molecular weight excluding hydrogens is 584 g/mol. The van der Waals surface area contributed by atoms with Crippen LogP contribution in [0, 0.1) is 17.6 Å². The lowest BCUT2D eigenvalue weighted by molar-refractivity contribution is -0.131. The fourth-order valence-electron chi connectivity index (χ4n) is 5.62. The van der Waals surface area contributed by atoms with Gasteiger partial charge in [0.25, 0.3) is 0 Å². The maximum absolute atomic E-state index is 13.6. The summed E-state index contributed by atoms with van der Waals surface area (Å²) in [4.78, 5) is 19.0. The molecule has 3 aromatic rings. The normalized spacial score (nSPS) is 20.4. The maximum Gasteiger partial charge on any atom is 0.346 e. The molecule has 14 heteroatoms. The molecule has 7 N–H and O–H groups in total. The number of hydrogen-bond donors (Lipinski definition) is 5. The van der Waals surface area contributed by atoms with Gasteiger partial charge in [0.05, 0.1) is 18.1 Å². The molecule has 2 fully saturated rings. The summed E-state index contributed by atoms with van der Waals surface area (Å²) >= 11 is 0. The van der Waals surface area contributed by atoms with E-state index in [-0.39, 0.29) is 24.2 Å². The fourth-order valence-corrected chi connectivity index (χ4v) is 6.13. The van der Waals surface area contributed by atoms with Gasteiger partial charge in [-0.05, 0) is 66.4 Å². The van der Waals surface area contributed by atoms with Crippen LogP contribution in [0.4, 0.5) is 14.5 Å². The van der Waals surface area contributed by atoms with E-state index < -0.39 is 40.0 Å². The number of aromatic hydroxyl groups is 1. The van der Waals surface area contributed by atoms with Gasteiger partial charge in [-0.25, -0.2) is 13.8 Å². The summed E-state index contributed by atoms with van der Waals surface area (Å²) < 4.78 is 58.0. The molecule has 2 heterocycles. The van der Waals surface area contributed by atoms with E-state index in [1.165, 1.54) is 58.4 Å². The second kappa shape index (κ2) is 13.4. The third-order valence-electron chi connectivity index (χ3n) is 7.76. The number of halogens is 2. The first-order valence-corrected chi connectivity index (χ1v) is 15.0. The summed E-state index contributed by atoms with van der Waals surface area (Å²) in [6, 6.07) is 15.8. The highest BCUT2D eigenvalue weighted by atomic mass is 32.2. The van der Waals surface area contributed by atoms with E-state index >= 15 is 0 Å². The third-order valence-corrected chi connectivity index (χ3v) is 8.25. The van der Waals surface area contributed by atoms with Crippen LogP contribution < -0.4 is 15.9 Å². The van der Waals surface area contributed by atoms with Crippen LogP contribution in [0.5, 0.6) is 5.75 Å². The number of nitrogens with one attached hydrogen (secondary N) is 1. The smallest absolute Gasteiger partial charge is 0.346 e. The Bertz CT molecular complexity index is 1520. The lowest BCUT2D eigenvalue weighted by atomic mass is 9.77. The number of aliphatic hydroxyl groups excluding tert-OH is 1. The van der Waals surface area contributed by atoms with Crippen molar-refractivity contribution in [3.05, 3.63) is 95.1 Å². The Balaban J connectivity index is 0.00000423. The molecule has 3 atom stereocenters. The first-order chi connectivity index (χ1) is 20.0. The zero-order chi connectivity index (χ0) is 30.0. The van der Waals surface area contributed by atoms with Gasteiger partial charge in [0.15, 0.2) is 0 Å². The number of nitrogens with zero attached hydrogens (tertiary/aromatic N) is 3. The first kappa shape index (κ1) is 32.4. The molecule has 0 radical (unpaired) electrons. The van der Waals surface area contributed by atoms with E-state index in [0.717, 1.165) is 5.56 Å². The van der Waals surface area contributed by atoms with Crippen molar-refractivity contribution in [3.8, 4) is 5.75 Å². The molecule has 1 amide bonds. The number of piperazine rings is 1. The molecule has 2 aliphatic heterocycles. The van der Waals surface area contributed by atoms with Crippen molar-refractivity contribution >= 4 is 21.9 Å². The van der Waals surface area contributed by atoms with Gasteiger partial charge in [-0.15, -0.1) is 4.83 Å². The van der Waals surface area contributed by atoms with Gasteiger partial charge in [0.2, 0.25) is 5.91 Å². The molecule has 0 aromatic heterocycles. The molecule has 3 unspecified atom stereocenters. The maximum atomic E-state index is 13.6. The van der Waals surface area contributed by atoms with Gasteiger partial charge in [0, 0.05) is 44.0 Å². The zero-order valence-electron chi connectivity index (χ0n) is 23.3. The lowest BCUT2D eigenvalue weighted by Gasteiger charge is -2.48. The number of phenols is 1. The first-order valence-electron chi connectivity index (χ1n) is 13.5. The van der Waals surface area contributed by atoms with Crippen LogP contribution in [0.3, 0.4) is 0 Å². The Morgan fingerprint density at radius 1 is 0.930 bits per heavy atom. The van der Waals surface area contributed by atoms with Gasteiger partial charge in [-0.2, -0.15) is 8.42 Å². The van der Waals surface area contributed by atoms with Gasteiger partial charge in [0.1, 0.15) is 17.4 Å². The zero-order valence-corrected chi connectivity index (χ0v) is 24.1. The molecule has 2 saturated heterocycles. The van der Waals surface area contributed by atoms with E-state index in [1.807, 2.05) is 6.07 Å². The highest BCUT2D eigenvalue weighted by molar-refractivity contribution is 7.83. The van der Waals surface area contributed by atoms with Gasteiger partial charge in [-0.3, -0.25) is 14.2 Å². The second-order valence-electron chi connectivity index (χ2n) is 10.6. The number of benzene rings is 3. The minimum atomic E-state index is -4.33. The monoisotopic (exact) mass is 619 g/mol. The Kier molecular flexibility index (Phi) is 10.1. The lowest BCUT2D eigenvalue weighted by Crippen LogP contribution is -2.55. The number of hydrogen-bond acceptors (Lipinski definition) is 8. The summed E-state index contributed by atoms with van der Waals surface area (Å²) in [6.07, 6.45) is -0.349. The highest BCUT2D eigenvalue weighted by Crippen LogP contribution is 2.48. The van der Waals surface area contributed by atoms with E-state index in [4.69, 9.17) is 4.55 Å². The van der Waals surface area contributed by atoms with Crippen LogP contribution in [-0.4, -0.2) is 65.2 Å². The van der Waals surface area contributed by atoms with Crippen molar-refractivity contribution in [2.24, 2.45) is 5.92 Å². The van der Waals surface area contributed by atoms with Crippen molar-refractivity contribution in [2.45, 2.75) is 31.5 Å². The number of hydrazine groups is 1. The van der Waals surface area contributed by atoms with Crippen molar-refractivity contribution in [1.82, 2.24) is 20.9 Å². The van der Waals surface area contributed by atoms with E-state index in [2.05, 4.69) is 9.73 Å². The van der Waals surface area contributed by atoms with Crippen molar-refractivity contribution < 1.29 is 36.8 Å². The number of amides is 1. The molecule has 2 aliphatic rings. The van der Waals surface area contributed by atoms with Crippen LogP contribution in [0.2, 0.25) is 0 Å². The summed E-state index contributed by atoms with van der Waals surface area (Å²) in [7, 11) is -4.33. The Morgan fingerprint density at radius 3 is 2.12 bits per heavy atom. The Hall–Kier alpha value is -3.50. The Labute approximate surface area is 248 Å². The standard InChI is InChI=1S/C29H32F2N4O6S.H3N/c30-21-4-2-20(3-5-21)26(36)12-11-25-28(35(29(25)38)23-8-6-22(31)7-9-23)24-10-1-19(17-27(24)37)18-33-13-15-34(16-14-33)32-42(39,40)41;/h1-10,17,25-26,28,32,36-37H,11-16,18H2,(H,39,40,41);1H3. The summed E-state index contributed by atoms with van der Waals surface area (Å²) in [5, 5.41) is 23.2. The number of β-lactam (4-membered cyclic amide) rings is 1. The van der Waals surface area contributed by atoms with Crippen LogP contribution in [0.1, 0.15) is 41.7 Å². The number of carbonyl (C=O) groups is 1. The SMILES string of the molecule is N.O=C1C(CCC(O)c2ccc(F)cc2)C(c2ccc(CN3CCN(NS(=O)(=O)O)CC3)cc2O)N1c1ccc(F)cc1. The van der Waals surface area contributed by atoms with Gasteiger partial charge < -0.3 is 21.3 Å². The molecule has 11 nitrogen and oxygen atoms in total. The average Bonchev–Trinajstić information content (AvgIpc) is 2.94. The van der Waals surface area contributed by atoms with Gasteiger partial charge >= 0.3 is 10.3 Å². The molecule has 232 valence electrons. The molecular formula is C29H35F2N5O6S. The number of phenolic OH excluding ortho intramolecular Hbond substituents is 1. The van der Waals surface area contributed by atoms with Crippen LogP contribution >= 0.6 is 0 Å². The summed E-state index contributed by atoms with van der Waals surface area (Å²) in [6.45, 7) is 2.28. The predicted octanol–water partition coefficient (Wildman–Crippen LogP) is 3.48. The van der Waals surface area contributed by atoms with Crippen molar-refractivity contribution in [3.63, 3.8) is 0 Å². The van der Waals surface area contributed by atoms with Crippen LogP contribution in [-0.2, 0) is 21.6 Å². The highest BCUT2D eigenvalue weighted by Gasteiger charge is 2.49. The molecule has 43 heavy (non-hydrogen) atoms. The predicted molar refractivity (Wildman–Crippen MR) is 155 cm³/mol. The van der Waals surface area contributed by atoms with E-state index in [9.17, 15) is 32.2 Å². The van der Waals surface area contributed by atoms with Crippen molar-refractivity contribution in [1.29, 1.82) is 0 Å². The van der Waals surface area contributed by atoms with Crippen molar-refractivity contribution in [2.75, 3.05) is 31.1 Å². The van der Waals surface area contributed by atoms with Crippen LogP contribution in [0.15, 0.2) is 66.7 Å². The molecule has 5 rings (SSSR count). The topological polar surface area (TPSA) is 169 Å². The number of anilines is 1. The molecule has 0 bridgehead atoms. The molecule has 0 spiro atoms. The number of carbonyl (C=O) groups excluding carboxylic acids is 1. The second-order valence-corrected chi connectivity index (χ2v) is 11.7. The Morgan fingerprint density at radius 2 is 1.53 bits per heavy atom. The fraction of sp³-hybridized carbons (Fsp3) is 0.345. The van der Waals surface area contributed by atoms with Gasteiger partial charge in [-0.1, -0.05) is 24.3 Å². The number of rotatable bonds is 10. The molecule has 3 aromatic carbocycles. The molecule has 0 saturated carbocycles. The minimum absolute atomic E-state index is 0. The summed E-state index contributed by atoms with van der Waals surface area (Å²) in [5.41, 5.74) is 2.36.